The Labute approximate surface area is 88.1 Å². The van der Waals surface area contributed by atoms with Crippen molar-refractivity contribution in [3.63, 3.8) is 0 Å². The van der Waals surface area contributed by atoms with Crippen molar-refractivity contribution in [2.75, 3.05) is 0 Å². The lowest BCUT2D eigenvalue weighted by Gasteiger charge is -2.24. The molecule has 0 aromatic heterocycles. The Hall–Kier alpha value is 0.290. The normalized spacial score (nSPS) is 30.9. The van der Waals surface area contributed by atoms with Gasteiger partial charge in [0.15, 0.2) is 0 Å². The maximum absolute atomic E-state index is 6.40. The summed E-state index contributed by atoms with van der Waals surface area (Å²) in [5.74, 6) is 0.821. The molecule has 0 bridgehead atoms. The van der Waals surface area contributed by atoms with Gasteiger partial charge in [-0.25, -0.2) is 0 Å². The molecule has 1 aliphatic carbocycles. The molecule has 2 unspecified atom stereocenters. The van der Waals surface area contributed by atoms with Crippen LogP contribution in [0.15, 0.2) is 0 Å². The van der Waals surface area contributed by atoms with Gasteiger partial charge >= 0.3 is 0 Å². The Balaban J connectivity index is 2.28. The number of hydrogen-bond acceptors (Lipinski definition) is 0. The molecule has 0 nitrogen and oxygen atoms in total. The van der Waals surface area contributed by atoms with E-state index in [9.17, 15) is 0 Å². The van der Waals surface area contributed by atoms with Gasteiger partial charge in [0.05, 0.1) is 0 Å². The molecule has 1 heteroatoms. The Morgan fingerprint density at radius 1 is 1.08 bits per heavy atom. The monoisotopic (exact) mass is 202 g/mol. The molecule has 2 atom stereocenters. The van der Waals surface area contributed by atoms with Gasteiger partial charge in [0.1, 0.15) is 0 Å². The van der Waals surface area contributed by atoms with Crippen LogP contribution >= 0.6 is 11.6 Å². The van der Waals surface area contributed by atoms with Crippen LogP contribution in [0, 0.1) is 5.92 Å². The van der Waals surface area contributed by atoms with Crippen LogP contribution in [0.4, 0.5) is 0 Å². The summed E-state index contributed by atoms with van der Waals surface area (Å²) in [7, 11) is 0. The molecule has 1 rings (SSSR count). The highest BCUT2D eigenvalue weighted by Gasteiger charge is 2.19. The minimum absolute atomic E-state index is 0.479. The van der Waals surface area contributed by atoms with E-state index in [1.807, 2.05) is 0 Å². The van der Waals surface area contributed by atoms with Crippen LogP contribution in [-0.4, -0.2) is 5.38 Å². The van der Waals surface area contributed by atoms with Gasteiger partial charge in [0.2, 0.25) is 0 Å². The van der Waals surface area contributed by atoms with Crippen LogP contribution in [0.1, 0.15) is 64.7 Å². The largest absolute Gasteiger partial charge is 0.123 e. The summed E-state index contributed by atoms with van der Waals surface area (Å²) in [5.41, 5.74) is 0. The van der Waals surface area contributed by atoms with E-state index in [1.54, 1.807) is 0 Å². The maximum Gasteiger partial charge on any atom is 0.0364 e. The number of unbranched alkanes of at least 4 members (excludes halogenated alkanes) is 1. The SMILES string of the molecule is CCCCC1CCCCCCC1Cl. The summed E-state index contributed by atoms with van der Waals surface area (Å²) in [5, 5.41) is 0.479. The molecule has 0 aromatic carbocycles. The zero-order chi connectivity index (χ0) is 9.52. The summed E-state index contributed by atoms with van der Waals surface area (Å²) < 4.78 is 0. The van der Waals surface area contributed by atoms with Crippen molar-refractivity contribution in [2.45, 2.75) is 70.1 Å². The molecule has 0 saturated heterocycles. The van der Waals surface area contributed by atoms with Gasteiger partial charge in [0.25, 0.3) is 0 Å². The van der Waals surface area contributed by atoms with Gasteiger partial charge in [0, 0.05) is 5.38 Å². The number of rotatable bonds is 3. The lowest BCUT2D eigenvalue weighted by Crippen LogP contribution is -2.16. The van der Waals surface area contributed by atoms with E-state index in [2.05, 4.69) is 6.92 Å². The van der Waals surface area contributed by atoms with Gasteiger partial charge < -0.3 is 0 Å². The second-order valence-corrected chi connectivity index (χ2v) is 4.97. The van der Waals surface area contributed by atoms with Gasteiger partial charge in [-0.1, -0.05) is 45.4 Å². The van der Waals surface area contributed by atoms with Crippen molar-refractivity contribution in [1.29, 1.82) is 0 Å². The van der Waals surface area contributed by atoms with Crippen molar-refractivity contribution in [1.82, 2.24) is 0 Å². The van der Waals surface area contributed by atoms with E-state index in [4.69, 9.17) is 11.6 Å². The van der Waals surface area contributed by atoms with Crippen LogP contribution in [0.2, 0.25) is 0 Å². The molecule has 0 radical (unpaired) electrons. The summed E-state index contributed by atoms with van der Waals surface area (Å²) in [6.07, 6.45) is 12.3. The first-order valence-electron chi connectivity index (χ1n) is 5.98. The molecule has 1 saturated carbocycles. The molecule has 1 aliphatic rings. The molecule has 1 fully saturated rings. The molecular formula is C12H23Cl. The Morgan fingerprint density at radius 3 is 2.46 bits per heavy atom. The minimum Gasteiger partial charge on any atom is -0.123 e. The molecule has 0 heterocycles. The van der Waals surface area contributed by atoms with E-state index < -0.39 is 0 Å². The summed E-state index contributed by atoms with van der Waals surface area (Å²) in [6, 6.07) is 0. The first-order chi connectivity index (χ1) is 6.34. The second kappa shape index (κ2) is 6.70. The van der Waals surface area contributed by atoms with Crippen LogP contribution < -0.4 is 0 Å². The Morgan fingerprint density at radius 2 is 1.77 bits per heavy atom. The molecule has 0 amide bonds. The van der Waals surface area contributed by atoms with Crippen LogP contribution in [0.3, 0.4) is 0 Å². The summed E-state index contributed by atoms with van der Waals surface area (Å²) in [4.78, 5) is 0. The van der Waals surface area contributed by atoms with Gasteiger partial charge in [-0.15, -0.1) is 11.6 Å². The van der Waals surface area contributed by atoms with Crippen molar-refractivity contribution < 1.29 is 0 Å². The summed E-state index contributed by atoms with van der Waals surface area (Å²) >= 11 is 6.40. The third kappa shape index (κ3) is 4.35. The van der Waals surface area contributed by atoms with Crippen molar-refractivity contribution in [2.24, 2.45) is 5.92 Å². The molecule has 0 N–H and O–H groups in total. The summed E-state index contributed by atoms with van der Waals surface area (Å²) in [6.45, 7) is 2.27. The van der Waals surface area contributed by atoms with E-state index in [0.717, 1.165) is 5.92 Å². The van der Waals surface area contributed by atoms with Gasteiger partial charge in [-0.3, -0.25) is 0 Å². The second-order valence-electron chi connectivity index (χ2n) is 4.41. The predicted molar refractivity (Wildman–Crippen MR) is 60.4 cm³/mol. The lowest BCUT2D eigenvalue weighted by molar-refractivity contribution is 0.357. The molecule has 0 spiro atoms. The number of halogens is 1. The van der Waals surface area contributed by atoms with Crippen LogP contribution in [0.25, 0.3) is 0 Å². The highest BCUT2D eigenvalue weighted by atomic mass is 35.5. The molecule has 0 aliphatic heterocycles. The average molecular weight is 203 g/mol. The van der Waals surface area contributed by atoms with Gasteiger partial charge in [-0.05, 0) is 25.2 Å². The fourth-order valence-electron chi connectivity index (χ4n) is 2.31. The number of alkyl halides is 1. The highest BCUT2D eigenvalue weighted by Crippen LogP contribution is 2.30. The third-order valence-electron chi connectivity index (χ3n) is 3.24. The molecule has 13 heavy (non-hydrogen) atoms. The average Bonchev–Trinajstić information content (AvgIpc) is 2.11. The Kier molecular flexibility index (Phi) is 5.86. The van der Waals surface area contributed by atoms with E-state index >= 15 is 0 Å². The van der Waals surface area contributed by atoms with E-state index in [-0.39, 0.29) is 0 Å². The smallest absolute Gasteiger partial charge is 0.0364 e. The Bertz CT molecular complexity index is 120. The molecule has 78 valence electrons. The van der Waals surface area contributed by atoms with Crippen molar-refractivity contribution in [3.05, 3.63) is 0 Å². The lowest BCUT2D eigenvalue weighted by atomic mass is 9.87. The minimum atomic E-state index is 0.479. The molecule has 0 aromatic rings. The fourth-order valence-corrected chi connectivity index (χ4v) is 2.71. The third-order valence-corrected chi connectivity index (χ3v) is 3.82. The van der Waals surface area contributed by atoms with Crippen molar-refractivity contribution in [3.8, 4) is 0 Å². The van der Waals surface area contributed by atoms with Crippen LogP contribution in [-0.2, 0) is 0 Å². The fraction of sp³-hybridized carbons (Fsp3) is 1.00. The van der Waals surface area contributed by atoms with E-state index in [1.165, 1.54) is 57.8 Å². The molecular weight excluding hydrogens is 180 g/mol. The van der Waals surface area contributed by atoms with Gasteiger partial charge in [-0.2, -0.15) is 0 Å². The zero-order valence-electron chi connectivity index (χ0n) is 8.90. The van der Waals surface area contributed by atoms with E-state index in [0.29, 0.717) is 5.38 Å². The quantitative estimate of drug-likeness (QED) is 0.580. The topological polar surface area (TPSA) is 0 Å². The van der Waals surface area contributed by atoms with Crippen molar-refractivity contribution >= 4 is 11.6 Å². The zero-order valence-corrected chi connectivity index (χ0v) is 9.65. The first-order valence-corrected chi connectivity index (χ1v) is 6.42. The number of hydrogen-bond donors (Lipinski definition) is 0. The standard InChI is InChI=1S/C12H23Cl/c1-2-3-8-11-9-6-4-5-7-10-12(11)13/h11-12H,2-10H2,1H3. The highest BCUT2D eigenvalue weighted by molar-refractivity contribution is 6.20. The maximum atomic E-state index is 6.40. The predicted octanol–water partition coefficient (Wildman–Crippen LogP) is 4.75. The van der Waals surface area contributed by atoms with Crippen LogP contribution in [0.5, 0.6) is 0 Å². The first kappa shape index (κ1) is 11.4.